The van der Waals surface area contributed by atoms with Crippen molar-refractivity contribution < 1.29 is 0 Å². The van der Waals surface area contributed by atoms with Crippen LogP contribution in [0.1, 0.15) is 32.8 Å². The molecule has 1 aromatic rings. The van der Waals surface area contributed by atoms with Crippen molar-refractivity contribution in [1.29, 1.82) is 0 Å². The molecule has 0 bridgehead atoms. The quantitative estimate of drug-likeness (QED) is 0.905. The first-order valence-electron chi connectivity index (χ1n) is 5.71. The van der Waals surface area contributed by atoms with Gasteiger partial charge in [0.25, 0.3) is 0 Å². The van der Waals surface area contributed by atoms with Crippen LogP contribution in [0.15, 0.2) is 16.7 Å². The van der Waals surface area contributed by atoms with Crippen molar-refractivity contribution >= 4 is 21.7 Å². The Bertz CT molecular complexity index is 339. The summed E-state index contributed by atoms with van der Waals surface area (Å²) < 4.78 is 0.983. The van der Waals surface area contributed by atoms with Gasteiger partial charge in [-0.2, -0.15) is 0 Å². The van der Waals surface area contributed by atoms with Gasteiger partial charge in [-0.25, -0.2) is 4.98 Å². The minimum absolute atomic E-state index is 0.443. The maximum Gasteiger partial charge on any atom is 0.133 e. The lowest BCUT2D eigenvalue weighted by atomic mass is 10.2. The van der Waals surface area contributed by atoms with E-state index < -0.39 is 0 Å². The summed E-state index contributed by atoms with van der Waals surface area (Å²) in [6, 6.07) is 2.49. The molecule has 0 aliphatic rings. The molecule has 16 heavy (non-hydrogen) atoms. The van der Waals surface area contributed by atoms with Crippen LogP contribution in [0.5, 0.6) is 0 Å². The van der Waals surface area contributed by atoms with Crippen LogP contribution in [0.4, 0.5) is 5.82 Å². The lowest BCUT2D eigenvalue weighted by Gasteiger charge is -2.29. The molecule has 4 heteroatoms. The maximum absolute atomic E-state index is 5.77. The molecule has 0 aliphatic heterocycles. The van der Waals surface area contributed by atoms with Crippen molar-refractivity contribution in [2.45, 2.75) is 39.8 Å². The van der Waals surface area contributed by atoms with E-state index in [2.05, 4.69) is 46.6 Å². The number of rotatable bonds is 5. The van der Waals surface area contributed by atoms with Gasteiger partial charge in [-0.05, 0) is 42.3 Å². The smallest absolute Gasteiger partial charge is 0.133 e. The van der Waals surface area contributed by atoms with Gasteiger partial charge in [0.05, 0.1) is 0 Å². The summed E-state index contributed by atoms with van der Waals surface area (Å²) in [7, 11) is 0. The number of aromatic nitrogens is 1. The molecule has 0 aliphatic carbocycles. The summed E-state index contributed by atoms with van der Waals surface area (Å²) in [4.78, 5) is 6.79. The Hall–Kier alpha value is -0.610. The number of nitrogens with two attached hydrogens (primary N) is 1. The highest BCUT2D eigenvalue weighted by Gasteiger charge is 2.14. The van der Waals surface area contributed by atoms with E-state index in [1.807, 2.05) is 12.3 Å². The molecule has 1 heterocycles. The van der Waals surface area contributed by atoms with Crippen LogP contribution < -0.4 is 10.6 Å². The lowest BCUT2D eigenvalue weighted by Crippen LogP contribution is -2.33. The first-order chi connectivity index (χ1) is 7.60. The topological polar surface area (TPSA) is 42.2 Å². The maximum atomic E-state index is 5.77. The summed E-state index contributed by atoms with van der Waals surface area (Å²) in [5.41, 5.74) is 6.86. The predicted molar refractivity (Wildman–Crippen MR) is 72.6 cm³/mol. The first-order valence-corrected chi connectivity index (χ1v) is 6.50. The molecule has 0 fully saturated rings. The highest BCUT2D eigenvalue weighted by Crippen LogP contribution is 2.23. The Morgan fingerprint density at radius 3 is 2.69 bits per heavy atom. The minimum atomic E-state index is 0.443. The normalized spacial score (nSPS) is 10.9. The van der Waals surface area contributed by atoms with E-state index in [1.54, 1.807) is 0 Å². The van der Waals surface area contributed by atoms with Crippen molar-refractivity contribution in [1.82, 2.24) is 4.98 Å². The van der Waals surface area contributed by atoms with Crippen LogP contribution in [0.3, 0.4) is 0 Å². The summed E-state index contributed by atoms with van der Waals surface area (Å²) in [5, 5.41) is 0. The summed E-state index contributed by atoms with van der Waals surface area (Å²) in [5.74, 6) is 1.02. The van der Waals surface area contributed by atoms with E-state index in [-0.39, 0.29) is 0 Å². The molecule has 0 aromatic carbocycles. The van der Waals surface area contributed by atoms with Gasteiger partial charge in [0.2, 0.25) is 0 Å². The number of anilines is 1. The van der Waals surface area contributed by atoms with Gasteiger partial charge in [0.1, 0.15) is 5.82 Å². The van der Waals surface area contributed by atoms with E-state index >= 15 is 0 Å². The fourth-order valence-electron chi connectivity index (χ4n) is 1.73. The van der Waals surface area contributed by atoms with Crippen LogP contribution in [0.25, 0.3) is 0 Å². The summed E-state index contributed by atoms with van der Waals surface area (Å²) in [6.07, 6.45) is 2.94. The predicted octanol–water partition coefficient (Wildman–Crippen LogP) is 2.93. The lowest BCUT2D eigenvalue weighted by molar-refractivity contribution is 0.657. The van der Waals surface area contributed by atoms with Crippen molar-refractivity contribution in [2.24, 2.45) is 5.73 Å². The Kier molecular flexibility index (Phi) is 5.22. The number of nitrogens with zero attached hydrogens (tertiary/aromatic N) is 2. The Morgan fingerprint density at radius 1 is 1.50 bits per heavy atom. The molecule has 0 saturated carbocycles. The van der Waals surface area contributed by atoms with E-state index in [9.17, 15) is 0 Å². The zero-order valence-corrected chi connectivity index (χ0v) is 11.8. The fraction of sp³-hybridized carbons (Fsp3) is 0.583. The molecule has 0 amide bonds. The van der Waals surface area contributed by atoms with Crippen molar-refractivity contribution in [3.63, 3.8) is 0 Å². The molecule has 1 aromatic heterocycles. The third-order valence-electron chi connectivity index (χ3n) is 2.49. The largest absolute Gasteiger partial charge is 0.354 e. The van der Waals surface area contributed by atoms with Gasteiger partial charge < -0.3 is 10.6 Å². The van der Waals surface area contributed by atoms with Crippen LogP contribution in [0, 0.1) is 0 Å². The summed E-state index contributed by atoms with van der Waals surface area (Å²) >= 11 is 3.43. The molecule has 0 spiro atoms. The molecule has 3 nitrogen and oxygen atoms in total. The van der Waals surface area contributed by atoms with Gasteiger partial charge in [-0.1, -0.05) is 6.92 Å². The Labute approximate surface area is 106 Å². The number of pyridine rings is 1. The highest BCUT2D eigenvalue weighted by molar-refractivity contribution is 9.10. The third kappa shape index (κ3) is 3.19. The zero-order valence-electron chi connectivity index (χ0n) is 10.2. The third-order valence-corrected chi connectivity index (χ3v) is 2.92. The van der Waals surface area contributed by atoms with Crippen LogP contribution >= 0.6 is 15.9 Å². The molecule has 0 unspecified atom stereocenters. The van der Waals surface area contributed by atoms with Gasteiger partial charge >= 0.3 is 0 Å². The molecule has 0 saturated heterocycles. The van der Waals surface area contributed by atoms with E-state index in [0.717, 1.165) is 28.8 Å². The average Bonchev–Trinajstić information content (AvgIpc) is 2.26. The minimum Gasteiger partial charge on any atom is -0.354 e. The van der Waals surface area contributed by atoms with E-state index in [4.69, 9.17) is 5.73 Å². The second kappa shape index (κ2) is 6.21. The first kappa shape index (κ1) is 13.5. The monoisotopic (exact) mass is 285 g/mol. The number of hydrogen-bond acceptors (Lipinski definition) is 3. The molecule has 1 rings (SSSR count). The van der Waals surface area contributed by atoms with E-state index in [0.29, 0.717) is 12.6 Å². The van der Waals surface area contributed by atoms with Crippen LogP contribution in [0.2, 0.25) is 0 Å². The second-order valence-corrected chi connectivity index (χ2v) is 5.04. The van der Waals surface area contributed by atoms with Crippen molar-refractivity contribution in [3.05, 3.63) is 22.3 Å². The van der Waals surface area contributed by atoms with Gasteiger partial charge in [-0.3, -0.25) is 0 Å². The van der Waals surface area contributed by atoms with Crippen molar-refractivity contribution in [3.8, 4) is 0 Å². The zero-order chi connectivity index (χ0) is 12.1. The Balaban J connectivity index is 3.07. The standard InChI is InChI=1S/C12H20BrN3/c1-4-5-16(9(2)3)12-10(7-14)6-11(13)8-15-12/h6,8-9H,4-5,7,14H2,1-3H3. The van der Waals surface area contributed by atoms with Gasteiger partial charge in [-0.15, -0.1) is 0 Å². The van der Waals surface area contributed by atoms with Crippen LogP contribution in [-0.2, 0) is 6.54 Å². The van der Waals surface area contributed by atoms with Gasteiger partial charge in [0, 0.05) is 35.4 Å². The van der Waals surface area contributed by atoms with Gasteiger partial charge in [0.15, 0.2) is 0 Å². The molecular formula is C12H20BrN3. The van der Waals surface area contributed by atoms with Crippen LogP contribution in [-0.4, -0.2) is 17.6 Å². The number of halogens is 1. The molecule has 90 valence electrons. The molecule has 2 N–H and O–H groups in total. The highest BCUT2D eigenvalue weighted by atomic mass is 79.9. The Morgan fingerprint density at radius 2 is 2.19 bits per heavy atom. The van der Waals surface area contributed by atoms with Crippen molar-refractivity contribution in [2.75, 3.05) is 11.4 Å². The summed E-state index contributed by atoms with van der Waals surface area (Å²) in [6.45, 7) is 8.07. The molecular weight excluding hydrogens is 266 g/mol. The molecule has 0 atom stereocenters. The number of hydrogen-bond donors (Lipinski definition) is 1. The second-order valence-electron chi connectivity index (χ2n) is 4.13. The van der Waals surface area contributed by atoms with E-state index in [1.165, 1.54) is 0 Å². The SMILES string of the molecule is CCCN(c1ncc(Br)cc1CN)C(C)C. The fourth-order valence-corrected chi connectivity index (χ4v) is 2.11. The average molecular weight is 286 g/mol. The molecule has 0 radical (unpaired) electrons.